The standard InChI is InChI=1S/C21H21F2N7O3S/c22-16(23)12-29-17-10-13-11-25-20(26-14-4-6-15(7-5-14)34(24,32)33)27-18(13)30(17)21(19(31)28-29)8-2-1-3-9-21/h4-7,10-12H,1-3,8-9H2,(H,28,31)(H2,24,32,33)(H,25,26,27). The number of nitrogens with one attached hydrogen (secondary N) is 2. The summed E-state index contributed by atoms with van der Waals surface area (Å²) >= 11 is 0. The molecule has 3 heterocycles. The molecule has 1 spiro atoms. The van der Waals surface area contributed by atoms with E-state index < -0.39 is 21.6 Å². The van der Waals surface area contributed by atoms with Crippen LogP contribution in [0.5, 0.6) is 0 Å². The average Bonchev–Trinajstić information content (AvgIpc) is 3.18. The first kappa shape index (κ1) is 22.2. The van der Waals surface area contributed by atoms with E-state index in [0.29, 0.717) is 41.6 Å². The Morgan fingerprint density at radius 1 is 1.18 bits per heavy atom. The molecule has 0 unspecified atom stereocenters. The summed E-state index contributed by atoms with van der Waals surface area (Å²) in [6, 6.07) is 7.41. The van der Waals surface area contributed by atoms with Crippen molar-refractivity contribution in [3.8, 4) is 0 Å². The van der Waals surface area contributed by atoms with Gasteiger partial charge in [0.25, 0.3) is 12.0 Å². The summed E-state index contributed by atoms with van der Waals surface area (Å²) in [7, 11) is -3.82. The van der Waals surface area contributed by atoms with Crippen molar-refractivity contribution in [2.75, 3.05) is 10.3 Å². The van der Waals surface area contributed by atoms with E-state index in [0.717, 1.165) is 24.3 Å². The van der Waals surface area contributed by atoms with Crippen molar-refractivity contribution < 1.29 is 22.0 Å². The summed E-state index contributed by atoms with van der Waals surface area (Å²) in [5, 5.41) is 9.73. The van der Waals surface area contributed by atoms with Crippen molar-refractivity contribution >= 4 is 44.4 Å². The molecule has 0 bridgehead atoms. The number of hydrogen-bond acceptors (Lipinski definition) is 7. The fraction of sp³-hybridized carbons (Fsp3) is 0.286. The number of sulfonamides is 1. The molecule has 1 aromatic carbocycles. The molecule has 0 saturated heterocycles. The number of benzene rings is 1. The van der Waals surface area contributed by atoms with Crippen LogP contribution in [0.2, 0.25) is 0 Å². The van der Waals surface area contributed by atoms with E-state index in [1.807, 2.05) is 0 Å². The zero-order valence-corrected chi connectivity index (χ0v) is 18.6. The van der Waals surface area contributed by atoms with Crippen LogP contribution >= 0.6 is 0 Å². The maximum absolute atomic E-state index is 13.2. The molecule has 0 radical (unpaired) electrons. The molecular weight excluding hydrogens is 468 g/mol. The normalized spacial score (nSPS) is 17.4. The predicted molar refractivity (Wildman–Crippen MR) is 121 cm³/mol. The molecule has 2 aromatic heterocycles. The van der Waals surface area contributed by atoms with Gasteiger partial charge in [0.1, 0.15) is 17.0 Å². The van der Waals surface area contributed by atoms with Gasteiger partial charge in [0.2, 0.25) is 16.0 Å². The Hall–Kier alpha value is -3.58. The lowest BCUT2D eigenvalue weighted by Gasteiger charge is -2.44. The van der Waals surface area contributed by atoms with E-state index in [9.17, 15) is 22.0 Å². The molecule has 1 fully saturated rings. The van der Waals surface area contributed by atoms with Crippen molar-refractivity contribution in [1.29, 1.82) is 0 Å². The molecular formula is C21H21F2N7O3S. The minimum absolute atomic E-state index is 0.0337. The Balaban J connectivity index is 1.60. The summed E-state index contributed by atoms with van der Waals surface area (Å²) < 4.78 is 50.9. The number of anilines is 3. The molecule has 1 aliphatic carbocycles. The number of hydrazine groups is 1. The van der Waals surface area contributed by atoms with Gasteiger partial charge >= 0.3 is 0 Å². The molecule has 34 heavy (non-hydrogen) atoms. The molecule has 1 amide bonds. The number of halogens is 2. The van der Waals surface area contributed by atoms with Crippen molar-refractivity contribution in [1.82, 2.24) is 20.0 Å². The van der Waals surface area contributed by atoms with Gasteiger partial charge < -0.3 is 5.32 Å². The van der Waals surface area contributed by atoms with Crippen LogP contribution in [0.3, 0.4) is 0 Å². The first-order valence-electron chi connectivity index (χ1n) is 10.6. The largest absolute Gasteiger partial charge is 0.324 e. The number of hydrogen-bond donors (Lipinski definition) is 3. The summed E-state index contributed by atoms with van der Waals surface area (Å²) in [5.41, 5.74) is 2.61. The maximum atomic E-state index is 13.2. The number of amides is 1. The number of carbonyl (C=O) groups excluding carboxylic acids is 1. The third-order valence-electron chi connectivity index (χ3n) is 6.19. The van der Waals surface area contributed by atoms with Gasteiger partial charge in [-0.2, -0.15) is 13.8 Å². The summed E-state index contributed by atoms with van der Waals surface area (Å²) in [5.74, 6) is 0.210. The Morgan fingerprint density at radius 3 is 2.53 bits per heavy atom. The van der Waals surface area contributed by atoms with E-state index in [4.69, 9.17) is 5.14 Å². The molecule has 10 nitrogen and oxygen atoms in total. The van der Waals surface area contributed by atoms with Gasteiger partial charge in [0.15, 0.2) is 0 Å². The number of carbonyl (C=O) groups is 1. The van der Waals surface area contributed by atoms with E-state index >= 15 is 0 Å². The molecule has 3 aromatic rings. The molecule has 13 heteroatoms. The van der Waals surface area contributed by atoms with Crippen molar-refractivity contribution in [2.45, 2.75) is 42.5 Å². The molecule has 178 valence electrons. The highest BCUT2D eigenvalue weighted by Crippen LogP contribution is 2.44. The van der Waals surface area contributed by atoms with Crippen LogP contribution in [-0.2, 0) is 20.4 Å². The lowest BCUT2D eigenvalue weighted by molar-refractivity contribution is -0.132. The fourth-order valence-corrected chi connectivity index (χ4v) is 5.16. The second-order valence-electron chi connectivity index (χ2n) is 8.33. The first-order chi connectivity index (χ1) is 16.2. The van der Waals surface area contributed by atoms with E-state index in [1.165, 1.54) is 24.3 Å². The van der Waals surface area contributed by atoms with Crippen LogP contribution in [0.1, 0.15) is 32.1 Å². The number of primary sulfonamides is 1. The second-order valence-corrected chi connectivity index (χ2v) is 9.89. The third-order valence-corrected chi connectivity index (χ3v) is 7.12. The van der Waals surface area contributed by atoms with Crippen molar-refractivity contribution in [3.63, 3.8) is 0 Å². The Morgan fingerprint density at radius 2 is 1.88 bits per heavy atom. The minimum Gasteiger partial charge on any atom is -0.324 e. The summed E-state index contributed by atoms with van der Waals surface area (Å²) in [4.78, 5) is 22.0. The number of nitrogens with zero attached hydrogens (tertiary/aromatic N) is 4. The lowest BCUT2D eigenvalue weighted by Crippen LogP contribution is -2.59. The highest BCUT2D eigenvalue weighted by atomic mass is 32.2. The van der Waals surface area contributed by atoms with Crippen LogP contribution in [0.25, 0.3) is 11.0 Å². The summed E-state index contributed by atoms with van der Waals surface area (Å²) in [6.45, 7) is 0. The first-order valence-corrected chi connectivity index (χ1v) is 12.1. The quantitative estimate of drug-likeness (QED) is 0.513. The molecule has 2 aliphatic rings. The molecule has 4 N–H and O–H groups in total. The number of fused-ring (bicyclic) bond motifs is 4. The van der Waals surface area contributed by atoms with E-state index in [2.05, 4.69) is 20.7 Å². The Labute approximate surface area is 193 Å². The number of nitrogens with two attached hydrogens (primary N) is 1. The van der Waals surface area contributed by atoms with E-state index in [-0.39, 0.29) is 16.8 Å². The zero-order chi connectivity index (χ0) is 24.1. The SMILES string of the molecule is NS(=O)(=O)c1ccc(Nc2ncc3cc4n(c3n2)C2(CCCCC2)C(=O)NN4C=C(F)F)cc1. The van der Waals surface area contributed by atoms with Crippen LogP contribution < -0.4 is 20.9 Å². The number of rotatable bonds is 4. The van der Waals surface area contributed by atoms with Crippen LogP contribution in [0.15, 0.2) is 53.7 Å². The van der Waals surface area contributed by atoms with E-state index in [1.54, 1.807) is 16.8 Å². The molecule has 1 saturated carbocycles. The fourth-order valence-electron chi connectivity index (χ4n) is 4.65. The highest BCUT2D eigenvalue weighted by molar-refractivity contribution is 7.89. The Kier molecular flexibility index (Phi) is 5.24. The van der Waals surface area contributed by atoms with Crippen LogP contribution in [0, 0.1) is 0 Å². The van der Waals surface area contributed by atoms with Gasteiger partial charge in [-0.3, -0.25) is 14.8 Å². The van der Waals surface area contributed by atoms with Crippen molar-refractivity contribution in [3.05, 3.63) is 48.8 Å². The van der Waals surface area contributed by atoms with Gasteiger partial charge in [-0.25, -0.2) is 23.5 Å². The van der Waals surface area contributed by atoms with Crippen LogP contribution in [-0.4, -0.2) is 28.9 Å². The Bertz CT molecular complexity index is 1410. The predicted octanol–water partition coefficient (Wildman–Crippen LogP) is 3.07. The lowest BCUT2D eigenvalue weighted by atomic mass is 9.80. The van der Waals surface area contributed by atoms with Crippen LogP contribution in [0.4, 0.5) is 26.2 Å². The third kappa shape index (κ3) is 3.76. The molecule has 1 aliphatic heterocycles. The van der Waals surface area contributed by atoms with Gasteiger partial charge in [-0.05, 0) is 43.2 Å². The zero-order valence-electron chi connectivity index (χ0n) is 17.8. The van der Waals surface area contributed by atoms with Crippen molar-refractivity contribution in [2.24, 2.45) is 5.14 Å². The van der Waals surface area contributed by atoms with Gasteiger partial charge in [-0.15, -0.1) is 0 Å². The number of aromatic nitrogens is 3. The maximum Gasteiger partial charge on any atom is 0.288 e. The monoisotopic (exact) mass is 489 g/mol. The van der Waals surface area contributed by atoms with Gasteiger partial charge in [0.05, 0.1) is 11.1 Å². The minimum atomic E-state index is -3.82. The topological polar surface area (TPSA) is 135 Å². The molecule has 5 rings (SSSR count). The molecule has 0 atom stereocenters. The average molecular weight is 490 g/mol. The summed E-state index contributed by atoms with van der Waals surface area (Å²) in [6.07, 6.45) is 3.93. The smallest absolute Gasteiger partial charge is 0.288 e. The van der Waals surface area contributed by atoms with Gasteiger partial charge in [0, 0.05) is 17.3 Å². The highest BCUT2D eigenvalue weighted by Gasteiger charge is 2.48. The second kappa shape index (κ2) is 8.02. The van der Waals surface area contributed by atoms with Gasteiger partial charge in [-0.1, -0.05) is 19.3 Å².